The number of anilines is 1. The number of amides is 1. The van der Waals surface area contributed by atoms with Gasteiger partial charge in [-0.25, -0.2) is 0 Å². The Morgan fingerprint density at radius 1 is 1.16 bits per heavy atom. The van der Waals surface area contributed by atoms with Gasteiger partial charge in [0.2, 0.25) is 5.91 Å². The van der Waals surface area contributed by atoms with E-state index in [2.05, 4.69) is 5.32 Å². The van der Waals surface area contributed by atoms with Gasteiger partial charge in [-0.2, -0.15) is 0 Å². The van der Waals surface area contributed by atoms with Gasteiger partial charge in [0.05, 0.1) is 0 Å². The van der Waals surface area contributed by atoms with E-state index in [0.29, 0.717) is 18.1 Å². The van der Waals surface area contributed by atoms with Crippen molar-refractivity contribution in [1.29, 1.82) is 0 Å². The number of fused-ring (bicyclic) bond motifs is 2. The lowest BCUT2D eigenvalue weighted by atomic mass is 9.83. The normalized spacial score (nSPS) is 29.8. The van der Waals surface area contributed by atoms with Gasteiger partial charge < -0.3 is 10.2 Å². The summed E-state index contributed by atoms with van der Waals surface area (Å²) in [4.78, 5) is 14.1. The van der Waals surface area contributed by atoms with Gasteiger partial charge >= 0.3 is 0 Å². The van der Waals surface area contributed by atoms with E-state index >= 15 is 0 Å². The minimum Gasteiger partial charge on any atom is -0.311 e. The van der Waals surface area contributed by atoms with E-state index in [1.54, 1.807) is 6.92 Å². The second kappa shape index (κ2) is 5.33. The molecule has 2 bridgehead atoms. The molecule has 19 heavy (non-hydrogen) atoms. The molecule has 1 aromatic carbocycles. The van der Waals surface area contributed by atoms with Gasteiger partial charge in [0.25, 0.3) is 0 Å². The van der Waals surface area contributed by atoms with Crippen molar-refractivity contribution in [3.05, 3.63) is 30.3 Å². The molecule has 0 aliphatic carbocycles. The average molecular weight is 258 g/mol. The maximum atomic E-state index is 12.1. The summed E-state index contributed by atoms with van der Waals surface area (Å²) in [6.07, 6.45) is 6.03. The first-order chi connectivity index (χ1) is 9.24. The number of para-hydroxylation sites is 1. The molecule has 2 atom stereocenters. The van der Waals surface area contributed by atoms with Crippen molar-refractivity contribution >= 4 is 11.6 Å². The number of hydrogen-bond acceptors (Lipinski definition) is 2. The monoisotopic (exact) mass is 258 g/mol. The number of carbonyl (C=O) groups excluding carboxylic acids is 1. The summed E-state index contributed by atoms with van der Waals surface area (Å²) in [6.45, 7) is 1.69. The molecule has 2 heterocycles. The third-order valence-electron chi connectivity index (χ3n) is 4.43. The molecule has 2 unspecified atom stereocenters. The van der Waals surface area contributed by atoms with E-state index in [4.69, 9.17) is 0 Å². The van der Waals surface area contributed by atoms with Gasteiger partial charge in [-0.15, -0.1) is 0 Å². The highest BCUT2D eigenvalue weighted by Crippen LogP contribution is 2.31. The first kappa shape index (κ1) is 12.7. The Kier molecular flexibility index (Phi) is 3.56. The largest absolute Gasteiger partial charge is 0.311 e. The number of carbonyl (C=O) groups is 1. The lowest BCUT2D eigenvalue weighted by molar-refractivity contribution is -0.117. The van der Waals surface area contributed by atoms with Crippen molar-refractivity contribution < 1.29 is 4.79 Å². The topological polar surface area (TPSA) is 32.3 Å². The van der Waals surface area contributed by atoms with Gasteiger partial charge in [-0.3, -0.25) is 4.79 Å². The van der Waals surface area contributed by atoms with Crippen molar-refractivity contribution in [2.24, 2.45) is 0 Å². The fourth-order valence-corrected chi connectivity index (χ4v) is 3.68. The summed E-state index contributed by atoms with van der Waals surface area (Å²) in [6, 6.07) is 11.7. The summed E-state index contributed by atoms with van der Waals surface area (Å²) in [5, 5.41) is 3.69. The number of nitrogens with one attached hydrogen (secondary N) is 1. The summed E-state index contributed by atoms with van der Waals surface area (Å²) in [5.74, 6) is 0.163. The lowest BCUT2D eigenvalue weighted by Crippen LogP contribution is -2.55. The Morgan fingerprint density at radius 3 is 2.37 bits per heavy atom. The van der Waals surface area contributed by atoms with Gasteiger partial charge in [-0.1, -0.05) is 24.6 Å². The molecular weight excluding hydrogens is 236 g/mol. The van der Waals surface area contributed by atoms with Crippen LogP contribution in [0.4, 0.5) is 5.69 Å². The highest BCUT2D eigenvalue weighted by molar-refractivity contribution is 5.92. The molecule has 2 aliphatic rings. The summed E-state index contributed by atoms with van der Waals surface area (Å²) >= 11 is 0. The Morgan fingerprint density at radius 2 is 1.79 bits per heavy atom. The molecular formula is C16H22N2O. The zero-order chi connectivity index (χ0) is 13.2. The molecule has 1 aromatic rings. The van der Waals surface area contributed by atoms with Crippen LogP contribution < -0.4 is 10.2 Å². The molecule has 3 heteroatoms. The van der Waals surface area contributed by atoms with E-state index in [9.17, 15) is 4.79 Å². The molecule has 1 N–H and O–H groups in total. The first-order valence-corrected chi connectivity index (χ1v) is 7.35. The Balaban J connectivity index is 1.83. The summed E-state index contributed by atoms with van der Waals surface area (Å²) in [5.41, 5.74) is 1.04. The lowest BCUT2D eigenvalue weighted by Gasteiger charge is -2.44. The first-order valence-electron chi connectivity index (χ1n) is 7.35. The smallest absolute Gasteiger partial charge is 0.224 e. The van der Waals surface area contributed by atoms with Crippen LogP contribution in [0.5, 0.6) is 0 Å². The Bertz CT molecular complexity index is 433. The minimum absolute atomic E-state index is 0.163. The van der Waals surface area contributed by atoms with E-state index in [0.717, 1.165) is 18.5 Å². The van der Waals surface area contributed by atoms with Crippen molar-refractivity contribution in [2.45, 2.75) is 57.2 Å². The fraction of sp³-hybridized carbons (Fsp3) is 0.562. The Hall–Kier alpha value is -1.35. The molecule has 1 amide bonds. The van der Waals surface area contributed by atoms with E-state index < -0.39 is 0 Å². The molecule has 0 saturated carbocycles. The maximum absolute atomic E-state index is 12.1. The molecule has 0 radical (unpaired) electrons. The van der Waals surface area contributed by atoms with Gasteiger partial charge in [0, 0.05) is 30.7 Å². The fourth-order valence-electron chi connectivity index (χ4n) is 3.68. The average Bonchev–Trinajstić information content (AvgIpc) is 2.39. The van der Waals surface area contributed by atoms with Crippen molar-refractivity contribution in [1.82, 2.24) is 5.32 Å². The van der Waals surface area contributed by atoms with Crippen molar-refractivity contribution in [3.63, 3.8) is 0 Å². The predicted octanol–water partition coefficient (Wildman–Crippen LogP) is 2.71. The van der Waals surface area contributed by atoms with Crippen LogP contribution in [0.25, 0.3) is 0 Å². The summed E-state index contributed by atoms with van der Waals surface area (Å²) < 4.78 is 0. The minimum atomic E-state index is 0.163. The van der Waals surface area contributed by atoms with Crippen molar-refractivity contribution in [2.75, 3.05) is 4.90 Å². The second-order valence-corrected chi connectivity index (χ2v) is 5.84. The van der Waals surface area contributed by atoms with E-state index in [-0.39, 0.29) is 5.91 Å². The highest BCUT2D eigenvalue weighted by atomic mass is 16.2. The van der Waals surface area contributed by atoms with Crippen LogP contribution in [0.3, 0.4) is 0 Å². The second-order valence-electron chi connectivity index (χ2n) is 5.84. The van der Waals surface area contributed by atoms with Crippen LogP contribution >= 0.6 is 0 Å². The van der Waals surface area contributed by atoms with Gasteiger partial charge in [-0.05, 0) is 37.8 Å². The number of nitrogens with zero attached hydrogens (tertiary/aromatic N) is 1. The molecule has 102 valence electrons. The summed E-state index contributed by atoms with van der Waals surface area (Å²) in [7, 11) is 0. The van der Waals surface area contributed by atoms with Crippen LogP contribution in [0.15, 0.2) is 30.3 Å². The quantitative estimate of drug-likeness (QED) is 0.884. The molecule has 2 saturated heterocycles. The molecule has 3 nitrogen and oxygen atoms in total. The van der Waals surface area contributed by atoms with E-state index in [1.165, 1.54) is 19.3 Å². The number of piperidine rings is 2. The highest BCUT2D eigenvalue weighted by Gasteiger charge is 2.35. The van der Waals surface area contributed by atoms with Gasteiger partial charge in [0.1, 0.15) is 0 Å². The van der Waals surface area contributed by atoms with E-state index in [1.807, 2.05) is 35.2 Å². The Labute approximate surface area is 115 Å². The number of hydrogen-bond donors (Lipinski definition) is 1. The number of benzene rings is 1. The third-order valence-corrected chi connectivity index (χ3v) is 4.43. The number of rotatable bonds is 2. The third kappa shape index (κ3) is 2.66. The molecule has 0 aromatic heterocycles. The van der Waals surface area contributed by atoms with Gasteiger partial charge in [0.15, 0.2) is 0 Å². The SMILES string of the molecule is CC(=O)N(c1ccccc1)C1CC2CCCC(C1)N2. The van der Waals surface area contributed by atoms with Crippen LogP contribution in [0, 0.1) is 0 Å². The van der Waals surface area contributed by atoms with Crippen LogP contribution in [-0.2, 0) is 4.79 Å². The predicted molar refractivity (Wildman–Crippen MR) is 77.2 cm³/mol. The zero-order valence-electron chi connectivity index (χ0n) is 11.5. The van der Waals surface area contributed by atoms with Crippen molar-refractivity contribution in [3.8, 4) is 0 Å². The van der Waals surface area contributed by atoms with Crippen LogP contribution in [0.1, 0.15) is 39.0 Å². The molecule has 0 spiro atoms. The maximum Gasteiger partial charge on any atom is 0.224 e. The molecule has 2 aliphatic heterocycles. The van der Waals surface area contributed by atoms with Crippen LogP contribution in [-0.4, -0.2) is 24.0 Å². The zero-order valence-corrected chi connectivity index (χ0v) is 11.5. The standard InChI is InChI=1S/C16H22N2O/c1-12(19)18(15-8-3-2-4-9-15)16-10-13-6-5-7-14(11-16)17-13/h2-4,8-9,13-14,16-17H,5-7,10-11H2,1H3. The molecule has 2 fully saturated rings. The molecule has 3 rings (SSSR count). The van der Waals surface area contributed by atoms with Crippen LogP contribution in [0.2, 0.25) is 0 Å².